The normalized spacial score (nSPS) is 12.2. The Morgan fingerprint density at radius 2 is 2.11 bits per heavy atom. The highest BCUT2D eigenvalue weighted by Gasteiger charge is 2.13. The van der Waals surface area contributed by atoms with Crippen LogP contribution >= 0.6 is 0 Å². The van der Waals surface area contributed by atoms with Crippen molar-refractivity contribution in [2.75, 3.05) is 12.4 Å². The van der Waals surface area contributed by atoms with Crippen LogP contribution in [0.15, 0.2) is 36.7 Å². The van der Waals surface area contributed by atoms with Gasteiger partial charge >= 0.3 is 0 Å². The van der Waals surface area contributed by atoms with Gasteiger partial charge in [0.2, 0.25) is 0 Å². The first-order chi connectivity index (χ1) is 9.11. The van der Waals surface area contributed by atoms with E-state index in [1.807, 2.05) is 31.3 Å². The molecule has 1 unspecified atom stereocenters. The molecule has 1 aromatic carbocycles. The van der Waals surface area contributed by atoms with Crippen LogP contribution in [-0.2, 0) is 7.05 Å². The smallest absolute Gasteiger partial charge is 0.258 e. The standard InChI is InChI=1S/C14H18N4O/c1-10(15-2)12-6-4-5-7-13(12)17-14(19)11-8-16-18(3)9-11/h4-10,15H,1-3H3,(H,17,19). The van der Waals surface area contributed by atoms with Crippen LogP contribution in [0.3, 0.4) is 0 Å². The second-order valence-corrected chi connectivity index (χ2v) is 4.45. The van der Waals surface area contributed by atoms with E-state index in [4.69, 9.17) is 0 Å². The van der Waals surface area contributed by atoms with Crippen molar-refractivity contribution in [2.45, 2.75) is 13.0 Å². The number of rotatable bonds is 4. The SMILES string of the molecule is CNC(C)c1ccccc1NC(=O)c1cnn(C)c1. The van der Waals surface area contributed by atoms with Crippen molar-refractivity contribution in [3.63, 3.8) is 0 Å². The molecule has 2 N–H and O–H groups in total. The quantitative estimate of drug-likeness (QED) is 0.881. The molecule has 0 aliphatic carbocycles. The average molecular weight is 258 g/mol. The molecule has 2 rings (SSSR count). The molecular weight excluding hydrogens is 240 g/mol. The fourth-order valence-electron chi connectivity index (χ4n) is 1.88. The molecule has 0 aliphatic rings. The number of nitrogens with one attached hydrogen (secondary N) is 2. The Morgan fingerprint density at radius 3 is 2.74 bits per heavy atom. The van der Waals surface area contributed by atoms with E-state index >= 15 is 0 Å². The molecule has 5 nitrogen and oxygen atoms in total. The van der Waals surface area contributed by atoms with Crippen LogP contribution < -0.4 is 10.6 Å². The lowest BCUT2D eigenvalue weighted by Crippen LogP contribution is -2.17. The van der Waals surface area contributed by atoms with Crippen LogP contribution in [0.25, 0.3) is 0 Å². The Hall–Kier alpha value is -2.14. The van der Waals surface area contributed by atoms with Crippen LogP contribution in [0.5, 0.6) is 0 Å². The molecule has 0 radical (unpaired) electrons. The van der Waals surface area contributed by atoms with Crippen LogP contribution in [-0.4, -0.2) is 22.7 Å². The van der Waals surface area contributed by atoms with E-state index in [1.165, 1.54) is 0 Å². The third-order valence-corrected chi connectivity index (χ3v) is 3.08. The second-order valence-electron chi connectivity index (χ2n) is 4.45. The number of aromatic nitrogens is 2. The maximum atomic E-state index is 12.1. The van der Waals surface area contributed by atoms with Gasteiger partial charge in [-0.05, 0) is 25.6 Å². The van der Waals surface area contributed by atoms with E-state index in [0.717, 1.165) is 11.3 Å². The number of anilines is 1. The molecule has 5 heteroatoms. The number of hydrogen-bond acceptors (Lipinski definition) is 3. The highest BCUT2D eigenvalue weighted by molar-refractivity contribution is 6.04. The van der Waals surface area contributed by atoms with Crippen LogP contribution in [0, 0.1) is 0 Å². The van der Waals surface area contributed by atoms with Crippen LogP contribution in [0.4, 0.5) is 5.69 Å². The zero-order chi connectivity index (χ0) is 13.8. The lowest BCUT2D eigenvalue weighted by atomic mass is 10.1. The third kappa shape index (κ3) is 3.00. The minimum absolute atomic E-state index is 0.149. The summed E-state index contributed by atoms with van der Waals surface area (Å²) in [7, 11) is 3.68. The van der Waals surface area contributed by atoms with E-state index in [1.54, 1.807) is 24.1 Å². The van der Waals surface area contributed by atoms with Crippen molar-refractivity contribution in [1.82, 2.24) is 15.1 Å². The summed E-state index contributed by atoms with van der Waals surface area (Å²) in [6.07, 6.45) is 3.25. The summed E-state index contributed by atoms with van der Waals surface area (Å²) in [5.41, 5.74) is 2.43. The number of para-hydroxylation sites is 1. The van der Waals surface area contributed by atoms with Crippen molar-refractivity contribution >= 4 is 11.6 Å². The van der Waals surface area contributed by atoms with Gasteiger partial charge in [-0.15, -0.1) is 0 Å². The van der Waals surface area contributed by atoms with Crippen molar-refractivity contribution < 1.29 is 4.79 Å². The summed E-state index contributed by atoms with van der Waals surface area (Å²) in [5.74, 6) is -0.149. The number of nitrogens with zero attached hydrogens (tertiary/aromatic N) is 2. The van der Waals surface area contributed by atoms with E-state index in [9.17, 15) is 4.79 Å². The van der Waals surface area contributed by atoms with Crippen molar-refractivity contribution in [2.24, 2.45) is 7.05 Å². The Kier molecular flexibility index (Phi) is 3.97. The van der Waals surface area contributed by atoms with Gasteiger partial charge in [-0.3, -0.25) is 9.48 Å². The van der Waals surface area contributed by atoms with Crippen molar-refractivity contribution in [3.05, 3.63) is 47.8 Å². The Balaban J connectivity index is 2.21. The Bertz CT molecular complexity index is 576. The second kappa shape index (κ2) is 5.67. The number of aryl methyl sites for hydroxylation is 1. The number of benzene rings is 1. The van der Waals surface area contributed by atoms with Gasteiger partial charge in [0.25, 0.3) is 5.91 Å². The number of carbonyl (C=O) groups excluding carboxylic acids is 1. The molecule has 1 atom stereocenters. The van der Waals surface area contributed by atoms with E-state index in [0.29, 0.717) is 5.56 Å². The average Bonchev–Trinajstić information content (AvgIpc) is 2.85. The number of amides is 1. The topological polar surface area (TPSA) is 58.9 Å². The van der Waals surface area contributed by atoms with Gasteiger partial charge < -0.3 is 10.6 Å². The fraction of sp³-hybridized carbons (Fsp3) is 0.286. The first-order valence-corrected chi connectivity index (χ1v) is 6.18. The first kappa shape index (κ1) is 13.3. The third-order valence-electron chi connectivity index (χ3n) is 3.08. The maximum Gasteiger partial charge on any atom is 0.258 e. The largest absolute Gasteiger partial charge is 0.322 e. The molecule has 0 saturated heterocycles. The lowest BCUT2D eigenvalue weighted by Gasteiger charge is -2.16. The van der Waals surface area contributed by atoms with Gasteiger partial charge in [0, 0.05) is 25.0 Å². The zero-order valence-electron chi connectivity index (χ0n) is 11.3. The van der Waals surface area contributed by atoms with Gasteiger partial charge in [-0.2, -0.15) is 5.10 Å². The molecule has 1 heterocycles. The van der Waals surface area contributed by atoms with Crippen molar-refractivity contribution in [3.8, 4) is 0 Å². The molecule has 0 spiro atoms. The van der Waals surface area contributed by atoms with Gasteiger partial charge in [0.15, 0.2) is 0 Å². The molecule has 1 amide bonds. The molecule has 0 aliphatic heterocycles. The Morgan fingerprint density at radius 1 is 1.37 bits per heavy atom. The molecule has 2 aromatic rings. The molecule has 19 heavy (non-hydrogen) atoms. The monoisotopic (exact) mass is 258 g/mol. The molecule has 0 bridgehead atoms. The number of hydrogen-bond donors (Lipinski definition) is 2. The summed E-state index contributed by atoms with van der Waals surface area (Å²) in [6.45, 7) is 2.05. The van der Waals surface area contributed by atoms with E-state index < -0.39 is 0 Å². The first-order valence-electron chi connectivity index (χ1n) is 6.18. The summed E-state index contributed by atoms with van der Waals surface area (Å²) < 4.78 is 1.61. The summed E-state index contributed by atoms with van der Waals surface area (Å²) in [4.78, 5) is 12.1. The molecular formula is C14H18N4O. The Labute approximate surface area is 112 Å². The van der Waals surface area contributed by atoms with Gasteiger partial charge in [-0.1, -0.05) is 18.2 Å². The molecule has 100 valence electrons. The predicted molar refractivity (Wildman–Crippen MR) is 75.1 cm³/mol. The lowest BCUT2D eigenvalue weighted by molar-refractivity contribution is 0.102. The minimum Gasteiger partial charge on any atom is -0.322 e. The van der Waals surface area contributed by atoms with E-state index in [2.05, 4.69) is 22.7 Å². The summed E-state index contributed by atoms with van der Waals surface area (Å²) in [5, 5.41) is 10.1. The van der Waals surface area contributed by atoms with Gasteiger partial charge in [-0.25, -0.2) is 0 Å². The number of carbonyl (C=O) groups is 1. The van der Waals surface area contributed by atoms with E-state index in [-0.39, 0.29) is 11.9 Å². The van der Waals surface area contributed by atoms with Crippen molar-refractivity contribution in [1.29, 1.82) is 0 Å². The highest BCUT2D eigenvalue weighted by atomic mass is 16.1. The summed E-state index contributed by atoms with van der Waals surface area (Å²) >= 11 is 0. The van der Waals surface area contributed by atoms with Gasteiger partial charge in [0.1, 0.15) is 0 Å². The molecule has 1 aromatic heterocycles. The molecule has 0 saturated carbocycles. The minimum atomic E-state index is -0.149. The highest BCUT2D eigenvalue weighted by Crippen LogP contribution is 2.22. The fourth-order valence-corrected chi connectivity index (χ4v) is 1.88. The summed E-state index contributed by atoms with van der Waals surface area (Å²) in [6, 6.07) is 7.94. The molecule has 0 fully saturated rings. The van der Waals surface area contributed by atoms with Crippen LogP contribution in [0.1, 0.15) is 28.9 Å². The van der Waals surface area contributed by atoms with Gasteiger partial charge in [0.05, 0.1) is 11.8 Å². The predicted octanol–water partition coefficient (Wildman–Crippen LogP) is 1.95. The maximum absolute atomic E-state index is 12.1. The van der Waals surface area contributed by atoms with Crippen LogP contribution in [0.2, 0.25) is 0 Å². The zero-order valence-corrected chi connectivity index (χ0v) is 11.3.